The lowest BCUT2D eigenvalue weighted by Crippen LogP contribution is -2.67. The molecule has 164 valence electrons. The van der Waals surface area contributed by atoms with Crippen molar-refractivity contribution < 1.29 is 14.5 Å². The van der Waals surface area contributed by atoms with Crippen LogP contribution in [0.5, 0.6) is 0 Å². The molecule has 0 radical (unpaired) electrons. The predicted molar refractivity (Wildman–Crippen MR) is 124 cm³/mol. The molecule has 0 amide bonds. The third kappa shape index (κ3) is 3.49. The van der Waals surface area contributed by atoms with Gasteiger partial charge >= 0.3 is 0 Å². The number of hydrogen-bond acceptors (Lipinski definition) is 4. The van der Waals surface area contributed by atoms with Gasteiger partial charge in [0, 0.05) is 48.0 Å². The number of pyridine rings is 1. The van der Waals surface area contributed by atoms with Gasteiger partial charge in [0.15, 0.2) is 0 Å². The van der Waals surface area contributed by atoms with E-state index in [0.29, 0.717) is 18.4 Å². The summed E-state index contributed by atoms with van der Waals surface area (Å²) in [5, 5.41) is 24.0. The molecule has 1 aromatic heterocycles. The number of aliphatic hydroxyl groups excluding tert-OH is 1. The molecule has 0 saturated carbocycles. The van der Waals surface area contributed by atoms with Crippen LogP contribution in [-0.2, 0) is 6.54 Å². The molecule has 32 heavy (non-hydrogen) atoms. The number of rotatable bonds is 6. The zero-order chi connectivity index (χ0) is 22.3. The van der Waals surface area contributed by atoms with Crippen molar-refractivity contribution in [2.75, 3.05) is 13.1 Å². The minimum Gasteiger partial charge on any atom is -0.382 e. The van der Waals surface area contributed by atoms with E-state index >= 15 is 0 Å². The van der Waals surface area contributed by atoms with Gasteiger partial charge in [0.2, 0.25) is 0 Å². The number of aromatic nitrogens is 1. The topological polar surface area (TPSA) is 76.3 Å². The van der Waals surface area contributed by atoms with Crippen LogP contribution in [0.1, 0.15) is 30.1 Å². The molecule has 3 fully saturated rings. The highest BCUT2D eigenvalue weighted by Crippen LogP contribution is 2.48. The molecule has 3 aliphatic rings. The first-order valence-corrected chi connectivity index (χ1v) is 11.2. The van der Waals surface area contributed by atoms with E-state index < -0.39 is 6.10 Å². The second-order valence-electron chi connectivity index (χ2n) is 9.32. The Labute approximate surface area is 187 Å². The van der Waals surface area contributed by atoms with Crippen molar-refractivity contribution >= 4 is 16.6 Å². The third-order valence-electron chi connectivity index (χ3n) is 7.66. The van der Waals surface area contributed by atoms with Crippen LogP contribution in [0.15, 0.2) is 73.4 Å². The van der Waals surface area contributed by atoms with Gasteiger partial charge in [0.05, 0.1) is 23.5 Å². The average molecular weight is 431 g/mol. The number of para-hydroxylation sites is 1. The molecule has 2 aromatic carbocycles. The Kier molecular flexibility index (Phi) is 5.27. The van der Waals surface area contributed by atoms with E-state index in [1.165, 1.54) is 6.07 Å². The number of fused-ring (bicyclic) bond motifs is 4. The number of nitrogens with zero attached hydrogens (tertiary/aromatic N) is 3. The number of aliphatic hydroxyl groups is 1. The van der Waals surface area contributed by atoms with Gasteiger partial charge in [0.25, 0.3) is 5.69 Å². The lowest BCUT2D eigenvalue weighted by molar-refractivity contribution is -0.984. The first kappa shape index (κ1) is 20.8. The summed E-state index contributed by atoms with van der Waals surface area (Å²) in [4.78, 5) is 15.4. The standard InChI is InChI=1S/C26H28N3O3/c1-2-19-17-29(16-18-6-5-7-21(14-18)28(31)32)13-11-20(19)15-25(29)26(30)23-10-12-27-24-9-4-3-8-22(23)24/h2-10,12,14,19-20,25-26,30H,1,11,13,15-17H2/q+1/t19-,20-,25-,26+,29+/m0/s1. The molecule has 3 aliphatic heterocycles. The van der Waals surface area contributed by atoms with Crippen LogP contribution in [-0.4, -0.2) is 38.6 Å². The highest BCUT2D eigenvalue weighted by molar-refractivity contribution is 5.82. The summed E-state index contributed by atoms with van der Waals surface area (Å²) in [6.07, 6.45) is 5.22. The maximum absolute atomic E-state index is 11.7. The molecule has 6 rings (SSSR count). The zero-order valence-corrected chi connectivity index (χ0v) is 18.0. The molecular formula is C26H28N3O3+. The van der Waals surface area contributed by atoms with Crippen molar-refractivity contribution in [3.63, 3.8) is 0 Å². The Morgan fingerprint density at radius 2 is 2.09 bits per heavy atom. The van der Waals surface area contributed by atoms with Crippen LogP contribution in [0, 0.1) is 22.0 Å². The average Bonchev–Trinajstić information content (AvgIpc) is 2.83. The SMILES string of the molecule is C=C[C@H]1C[N@+]2(Cc3cccc([N+](=O)[O-])c3)CC[C@H]1C[C@H]2[C@H](O)c1ccnc2ccccc12. The molecular weight excluding hydrogens is 402 g/mol. The molecule has 3 saturated heterocycles. The van der Waals surface area contributed by atoms with Crippen molar-refractivity contribution in [2.45, 2.75) is 31.5 Å². The molecule has 6 nitrogen and oxygen atoms in total. The first-order chi connectivity index (χ1) is 15.5. The van der Waals surface area contributed by atoms with Crippen LogP contribution in [0.3, 0.4) is 0 Å². The summed E-state index contributed by atoms with van der Waals surface area (Å²) in [6.45, 7) is 6.61. The van der Waals surface area contributed by atoms with Crippen molar-refractivity contribution in [1.82, 2.24) is 4.98 Å². The Morgan fingerprint density at radius 3 is 2.91 bits per heavy atom. The lowest BCUT2D eigenvalue weighted by Gasteiger charge is -2.58. The van der Waals surface area contributed by atoms with Gasteiger partial charge in [-0.1, -0.05) is 36.4 Å². The van der Waals surface area contributed by atoms with E-state index in [1.807, 2.05) is 36.4 Å². The lowest BCUT2D eigenvalue weighted by atomic mass is 9.71. The van der Waals surface area contributed by atoms with Crippen LogP contribution in [0.2, 0.25) is 0 Å². The van der Waals surface area contributed by atoms with Gasteiger partial charge in [-0.25, -0.2) is 0 Å². The number of nitro benzene ring substituents is 1. The summed E-state index contributed by atoms with van der Waals surface area (Å²) in [5.41, 5.74) is 2.86. The highest BCUT2D eigenvalue weighted by atomic mass is 16.6. The van der Waals surface area contributed by atoms with Gasteiger partial charge in [-0.3, -0.25) is 15.1 Å². The van der Waals surface area contributed by atoms with Crippen molar-refractivity contribution in [2.24, 2.45) is 11.8 Å². The summed E-state index contributed by atoms with van der Waals surface area (Å²) in [5.74, 6) is 0.922. The van der Waals surface area contributed by atoms with Gasteiger partial charge in [-0.15, -0.1) is 6.58 Å². The van der Waals surface area contributed by atoms with Gasteiger partial charge in [-0.05, 0) is 23.6 Å². The molecule has 4 heterocycles. The number of hydrogen-bond donors (Lipinski definition) is 1. The summed E-state index contributed by atoms with van der Waals surface area (Å²) in [7, 11) is 0. The maximum Gasteiger partial charge on any atom is 0.269 e. The van der Waals surface area contributed by atoms with E-state index in [0.717, 1.165) is 52.4 Å². The smallest absolute Gasteiger partial charge is 0.269 e. The molecule has 0 unspecified atom stereocenters. The van der Waals surface area contributed by atoms with Gasteiger partial charge in [-0.2, -0.15) is 0 Å². The Bertz CT molecular complexity index is 1170. The molecule has 0 aliphatic carbocycles. The molecule has 2 bridgehead atoms. The number of non-ortho nitro benzene ring substituents is 1. The minimum atomic E-state index is -0.629. The van der Waals surface area contributed by atoms with E-state index in [2.05, 4.69) is 17.6 Å². The van der Waals surface area contributed by atoms with Crippen LogP contribution in [0.25, 0.3) is 10.9 Å². The Morgan fingerprint density at radius 1 is 1.25 bits per heavy atom. The number of benzene rings is 2. The fraction of sp³-hybridized carbons (Fsp3) is 0.346. The monoisotopic (exact) mass is 430 g/mol. The van der Waals surface area contributed by atoms with Crippen LogP contribution in [0.4, 0.5) is 5.69 Å². The molecule has 6 heteroatoms. The second kappa shape index (κ2) is 8.11. The summed E-state index contributed by atoms with van der Waals surface area (Å²) in [6, 6.07) is 16.8. The molecule has 0 spiro atoms. The second-order valence-corrected chi connectivity index (χ2v) is 9.32. The van der Waals surface area contributed by atoms with Crippen molar-refractivity contribution in [3.05, 3.63) is 94.7 Å². The van der Waals surface area contributed by atoms with Crippen LogP contribution >= 0.6 is 0 Å². The highest BCUT2D eigenvalue weighted by Gasteiger charge is 2.54. The maximum atomic E-state index is 11.7. The molecule has 5 atom stereocenters. The van der Waals surface area contributed by atoms with E-state index in [4.69, 9.17) is 0 Å². The van der Waals surface area contributed by atoms with E-state index in [-0.39, 0.29) is 16.7 Å². The number of piperidine rings is 3. The van der Waals surface area contributed by atoms with E-state index in [1.54, 1.807) is 18.3 Å². The minimum absolute atomic E-state index is 0.0232. The summed E-state index contributed by atoms with van der Waals surface area (Å²) < 4.78 is 0.728. The predicted octanol–water partition coefficient (Wildman–Crippen LogP) is 4.79. The Hall–Kier alpha value is -3.09. The fourth-order valence-corrected chi connectivity index (χ4v) is 6.10. The Balaban J connectivity index is 1.55. The zero-order valence-electron chi connectivity index (χ0n) is 18.0. The third-order valence-corrected chi connectivity index (χ3v) is 7.66. The van der Waals surface area contributed by atoms with Crippen molar-refractivity contribution in [1.29, 1.82) is 0 Å². The largest absolute Gasteiger partial charge is 0.382 e. The summed E-state index contributed by atoms with van der Waals surface area (Å²) >= 11 is 0. The fourth-order valence-electron chi connectivity index (χ4n) is 6.10. The first-order valence-electron chi connectivity index (χ1n) is 11.2. The van der Waals surface area contributed by atoms with Gasteiger partial charge < -0.3 is 9.59 Å². The van der Waals surface area contributed by atoms with Gasteiger partial charge in [0.1, 0.15) is 18.7 Å². The number of quaternary nitrogens is 1. The normalized spacial score (nSPS) is 27.8. The van der Waals surface area contributed by atoms with E-state index in [9.17, 15) is 15.2 Å². The molecule has 1 N–H and O–H groups in total. The van der Waals surface area contributed by atoms with Crippen molar-refractivity contribution in [3.8, 4) is 0 Å². The quantitative estimate of drug-likeness (QED) is 0.264. The van der Waals surface area contributed by atoms with Crippen LogP contribution < -0.4 is 0 Å². The molecule has 3 aromatic rings. The number of nitro groups is 1.